The lowest BCUT2D eigenvalue weighted by atomic mass is 9.87. The summed E-state index contributed by atoms with van der Waals surface area (Å²) in [4.78, 5) is 80.9. The quantitative estimate of drug-likeness (QED) is 0.105. The van der Waals surface area contributed by atoms with Gasteiger partial charge in [0.1, 0.15) is 0 Å². The minimum Gasteiger partial charge on any atom is -0.346 e. The lowest BCUT2D eigenvalue weighted by molar-refractivity contribution is -0.140. The smallest absolute Gasteiger partial charge is 0.314 e. The average molecular weight is 748 g/mol. The van der Waals surface area contributed by atoms with Gasteiger partial charge in [-0.25, -0.2) is 9.59 Å². The molecule has 6 amide bonds. The number of carbonyl (C=O) groups excluding carboxylic acids is 6. The Hall–Kier alpha value is -4.78. The van der Waals surface area contributed by atoms with E-state index in [1.807, 2.05) is 74.5 Å². The molecule has 0 radical (unpaired) electrons. The number of nitrogens with zero attached hydrogens (tertiary/aromatic N) is 1. The van der Waals surface area contributed by atoms with Crippen molar-refractivity contribution in [3.63, 3.8) is 0 Å². The maximum absolute atomic E-state index is 14.2. The summed E-state index contributed by atoms with van der Waals surface area (Å²) in [6.45, 7) is 5.26. The maximum atomic E-state index is 14.2. The van der Waals surface area contributed by atoms with E-state index in [9.17, 15) is 28.8 Å². The molecule has 13 heteroatoms. The minimum absolute atomic E-state index is 0.0555. The molecule has 1 aliphatic heterocycles. The van der Waals surface area contributed by atoms with Crippen LogP contribution in [0.1, 0.15) is 76.3 Å². The molecule has 0 aliphatic carbocycles. The van der Waals surface area contributed by atoms with E-state index in [1.165, 1.54) is 7.05 Å². The normalized spacial score (nSPS) is 15.3. The summed E-state index contributed by atoms with van der Waals surface area (Å²) < 4.78 is 0. The zero-order valence-corrected chi connectivity index (χ0v) is 32.4. The van der Waals surface area contributed by atoms with Crippen molar-refractivity contribution in [2.45, 2.75) is 96.2 Å². The monoisotopic (exact) mass is 747 g/mol. The summed E-state index contributed by atoms with van der Waals surface area (Å²) in [5.41, 5.74) is 8.17. The number of hydrogen-bond donors (Lipinski definition) is 6. The first kappa shape index (κ1) is 43.6. The largest absolute Gasteiger partial charge is 0.346 e. The molecule has 2 aromatic carbocycles. The Morgan fingerprint density at radius 1 is 0.759 bits per heavy atom. The summed E-state index contributed by atoms with van der Waals surface area (Å²) in [7, 11) is 3.10. The molecule has 13 nitrogen and oxygen atoms in total. The first-order chi connectivity index (χ1) is 25.9. The van der Waals surface area contributed by atoms with Gasteiger partial charge in [-0.2, -0.15) is 0 Å². The highest BCUT2D eigenvalue weighted by atomic mass is 16.2. The van der Waals surface area contributed by atoms with Crippen molar-refractivity contribution in [1.29, 1.82) is 0 Å². The number of ketones is 2. The molecule has 0 spiro atoms. The number of benzene rings is 2. The Kier molecular flexibility index (Phi) is 18.7. The molecular weight excluding hydrogens is 686 g/mol. The van der Waals surface area contributed by atoms with Crippen LogP contribution in [0.5, 0.6) is 0 Å². The third-order valence-electron chi connectivity index (χ3n) is 9.93. The van der Waals surface area contributed by atoms with E-state index in [2.05, 4.69) is 26.6 Å². The second-order valence-electron chi connectivity index (χ2n) is 14.7. The number of nitrogens with one attached hydrogen (secondary N) is 5. The van der Waals surface area contributed by atoms with Crippen LogP contribution in [0.3, 0.4) is 0 Å². The highest BCUT2D eigenvalue weighted by Crippen LogP contribution is 2.23. The van der Waals surface area contributed by atoms with E-state index < -0.39 is 29.8 Å². The molecule has 296 valence electrons. The van der Waals surface area contributed by atoms with Crippen molar-refractivity contribution in [1.82, 2.24) is 31.5 Å². The molecule has 1 heterocycles. The molecule has 0 unspecified atom stereocenters. The number of urea groups is 2. The summed E-state index contributed by atoms with van der Waals surface area (Å²) >= 11 is 0. The van der Waals surface area contributed by atoms with Crippen molar-refractivity contribution < 1.29 is 28.8 Å². The van der Waals surface area contributed by atoms with Crippen molar-refractivity contribution in [3.8, 4) is 0 Å². The Morgan fingerprint density at radius 3 is 1.91 bits per heavy atom. The SMILES string of the molecule is CNC(=O)NCCCC[C@@H](CC(=O)[C@@H](CC(C)C)NC(=O)[C@H](CC(=O)[C@H](N)Cc1ccccc1)Cc1ccccc1)C(=O)N1CCC(NC(=O)NC)CC1. The van der Waals surface area contributed by atoms with Crippen LogP contribution in [0.25, 0.3) is 0 Å². The van der Waals surface area contributed by atoms with Crippen molar-refractivity contribution >= 4 is 35.4 Å². The fourth-order valence-electron chi connectivity index (χ4n) is 6.83. The first-order valence-electron chi connectivity index (χ1n) is 19.3. The summed E-state index contributed by atoms with van der Waals surface area (Å²) in [6, 6.07) is 16.7. The molecule has 0 bridgehead atoms. The molecule has 7 N–H and O–H groups in total. The molecule has 54 heavy (non-hydrogen) atoms. The second-order valence-corrected chi connectivity index (χ2v) is 14.7. The Balaban J connectivity index is 1.76. The number of unbranched alkanes of at least 4 members (excludes halogenated alkanes) is 1. The number of hydrogen-bond acceptors (Lipinski definition) is 7. The average Bonchev–Trinajstić information content (AvgIpc) is 3.17. The number of piperidine rings is 1. The third kappa shape index (κ3) is 15.3. The Bertz CT molecular complexity index is 1500. The van der Waals surface area contributed by atoms with Crippen LogP contribution in [0, 0.1) is 17.8 Å². The zero-order valence-electron chi connectivity index (χ0n) is 32.4. The molecule has 2 aromatic rings. The lowest BCUT2D eigenvalue weighted by Crippen LogP contribution is -2.50. The van der Waals surface area contributed by atoms with Crippen LogP contribution in [0.15, 0.2) is 60.7 Å². The van der Waals surface area contributed by atoms with Gasteiger partial charge in [0.05, 0.1) is 12.1 Å². The van der Waals surface area contributed by atoms with Crippen molar-refractivity contribution in [2.24, 2.45) is 23.5 Å². The van der Waals surface area contributed by atoms with Crippen LogP contribution in [-0.4, -0.2) is 92.2 Å². The predicted molar refractivity (Wildman–Crippen MR) is 209 cm³/mol. The molecule has 3 rings (SSSR count). The van der Waals surface area contributed by atoms with Gasteiger partial charge in [0, 0.05) is 64.4 Å². The third-order valence-corrected chi connectivity index (χ3v) is 9.93. The molecule has 1 fully saturated rings. The predicted octanol–water partition coefficient (Wildman–Crippen LogP) is 3.50. The van der Waals surface area contributed by atoms with E-state index in [-0.39, 0.29) is 54.3 Å². The van der Waals surface area contributed by atoms with Gasteiger partial charge in [0.15, 0.2) is 11.6 Å². The number of amides is 6. The Morgan fingerprint density at radius 2 is 1.33 bits per heavy atom. The van der Waals surface area contributed by atoms with Gasteiger partial charge in [0.25, 0.3) is 0 Å². The van der Waals surface area contributed by atoms with Gasteiger partial charge in [-0.15, -0.1) is 0 Å². The Labute approximate surface area is 320 Å². The van der Waals surface area contributed by atoms with Crippen LogP contribution >= 0.6 is 0 Å². The van der Waals surface area contributed by atoms with Gasteiger partial charge in [0.2, 0.25) is 11.8 Å². The molecule has 1 aliphatic rings. The van der Waals surface area contributed by atoms with Crippen molar-refractivity contribution in [3.05, 3.63) is 71.8 Å². The highest BCUT2D eigenvalue weighted by molar-refractivity contribution is 5.95. The van der Waals surface area contributed by atoms with Crippen molar-refractivity contribution in [2.75, 3.05) is 33.7 Å². The topological polar surface area (TPSA) is 192 Å². The van der Waals surface area contributed by atoms with E-state index in [0.29, 0.717) is 71.0 Å². The molecule has 0 saturated carbocycles. The minimum atomic E-state index is -0.850. The van der Waals surface area contributed by atoms with E-state index in [1.54, 1.807) is 11.9 Å². The summed E-state index contributed by atoms with van der Waals surface area (Å²) in [5, 5.41) is 13.7. The van der Waals surface area contributed by atoms with Gasteiger partial charge >= 0.3 is 12.1 Å². The van der Waals surface area contributed by atoms with Gasteiger partial charge in [-0.05, 0) is 62.0 Å². The summed E-state index contributed by atoms with van der Waals surface area (Å²) in [5.74, 6) is -2.30. The highest BCUT2D eigenvalue weighted by Gasteiger charge is 2.34. The van der Waals surface area contributed by atoms with Crippen LogP contribution in [-0.2, 0) is 32.0 Å². The summed E-state index contributed by atoms with van der Waals surface area (Å²) in [6.07, 6.45) is 3.75. The fourth-order valence-corrected chi connectivity index (χ4v) is 6.83. The number of likely N-dealkylation sites (tertiary alicyclic amines) is 1. The lowest BCUT2D eigenvalue weighted by Gasteiger charge is -2.35. The number of Topliss-reactive ketones (excluding diaryl/α,β-unsaturated/α-hetero) is 2. The number of nitrogens with two attached hydrogens (primary N) is 1. The first-order valence-corrected chi connectivity index (χ1v) is 19.3. The van der Waals surface area contributed by atoms with Gasteiger partial charge < -0.3 is 37.2 Å². The fraction of sp³-hybridized carbons (Fsp3) is 0.561. The molecule has 4 atom stereocenters. The number of rotatable bonds is 21. The van der Waals surface area contributed by atoms with Gasteiger partial charge in [-0.3, -0.25) is 19.2 Å². The van der Waals surface area contributed by atoms with E-state index in [0.717, 1.165) is 11.1 Å². The van der Waals surface area contributed by atoms with Gasteiger partial charge in [-0.1, -0.05) is 80.9 Å². The van der Waals surface area contributed by atoms with E-state index in [4.69, 9.17) is 5.73 Å². The molecular formula is C41H61N7O6. The van der Waals surface area contributed by atoms with Crippen LogP contribution in [0.4, 0.5) is 9.59 Å². The second kappa shape index (κ2) is 23.1. The van der Waals surface area contributed by atoms with Crippen LogP contribution in [0.2, 0.25) is 0 Å². The number of carbonyl (C=O) groups is 6. The zero-order chi connectivity index (χ0) is 39.5. The standard InChI is InChI=1S/C41H61N7O6/c1-28(2)23-35(47-38(51)32(24-29-13-7-5-8-14-29)27-36(49)34(42)25-30-15-9-6-10-16-30)37(50)26-31(17-11-12-20-45-40(53)43-3)39(52)48-21-18-33(19-22-48)46-41(54)44-4/h5-10,13-16,28,31-35H,11-12,17-27,42H2,1-4H3,(H,47,51)(H2,43,45,53)(H2,44,46,54)/t31-,32-,34+,35+/m0/s1. The maximum Gasteiger partial charge on any atom is 0.314 e. The van der Waals surface area contributed by atoms with Crippen LogP contribution < -0.4 is 32.3 Å². The molecule has 0 aromatic heterocycles. The van der Waals surface area contributed by atoms with E-state index >= 15 is 0 Å². The molecule has 1 saturated heterocycles.